The molecule has 20 heavy (non-hydrogen) atoms. The number of benzene rings is 1. The maximum atomic E-state index is 9.22. The van der Waals surface area contributed by atoms with Crippen molar-refractivity contribution in [3.63, 3.8) is 0 Å². The van der Waals surface area contributed by atoms with Crippen LogP contribution in [0.2, 0.25) is 0 Å². The number of hydrogen-bond acceptors (Lipinski definition) is 3. The molecule has 1 atom stereocenters. The monoisotopic (exact) mass is 267 g/mol. The number of aromatic nitrogens is 2. The minimum absolute atomic E-state index is 0.0350. The highest BCUT2D eigenvalue weighted by atomic mass is 16.5. The van der Waals surface area contributed by atoms with Gasteiger partial charge in [-0.05, 0) is 38.3 Å². The van der Waals surface area contributed by atoms with Gasteiger partial charge in [-0.3, -0.25) is 0 Å². The van der Waals surface area contributed by atoms with Crippen LogP contribution in [0.15, 0.2) is 30.6 Å². The molecule has 1 aromatic heterocycles. The van der Waals surface area contributed by atoms with E-state index in [2.05, 4.69) is 11.2 Å². The predicted molar refractivity (Wildman–Crippen MR) is 76.0 cm³/mol. The lowest BCUT2D eigenvalue weighted by Gasteiger charge is -2.22. The summed E-state index contributed by atoms with van der Waals surface area (Å²) in [5.41, 5.74) is 3.73. The van der Waals surface area contributed by atoms with E-state index < -0.39 is 0 Å². The van der Waals surface area contributed by atoms with E-state index in [-0.39, 0.29) is 6.23 Å². The quantitative estimate of drug-likeness (QED) is 0.837. The predicted octanol–water partition coefficient (Wildman–Crippen LogP) is 3.43. The van der Waals surface area contributed by atoms with Gasteiger partial charge in [-0.2, -0.15) is 10.4 Å². The zero-order chi connectivity index (χ0) is 13.9. The van der Waals surface area contributed by atoms with Crippen molar-refractivity contribution in [2.45, 2.75) is 32.4 Å². The first-order valence-corrected chi connectivity index (χ1v) is 6.95. The Balaban J connectivity index is 1.94. The van der Waals surface area contributed by atoms with Gasteiger partial charge in [-0.25, -0.2) is 4.68 Å². The zero-order valence-corrected chi connectivity index (χ0v) is 11.5. The third-order valence-electron chi connectivity index (χ3n) is 3.66. The Morgan fingerprint density at radius 1 is 1.40 bits per heavy atom. The molecule has 1 aliphatic rings. The molecule has 1 unspecified atom stereocenters. The molecule has 0 spiro atoms. The Hall–Kier alpha value is -2.12. The van der Waals surface area contributed by atoms with Gasteiger partial charge in [-0.15, -0.1) is 0 Å². The first-order valence-electron chi connectivity index (χ1n) is 6.95. The van der Waals surface area contributed by atoms with E-state index in [0.29, 0.717) is 5.56 Å². The molecule has 0 N–H and O–H groups in total. The number of rotatable bonds is 2. The van der Waals surface area contributed by atoms with Crippen molar-refractivity contribution in [2.75, 3.05) is 6.61 Å². The van der Waals surface area contributed by atoms with Gasteiger partial charge in [0, 0.05) is 23.9 Å². The summed E-state index contributed by atoms with van der Waals surface area (Å²) in [5.74, 6) is 0. The van der Waals surface area contributed by atoms with Crippen LogP contribution in [0.5, 0.6) is 0 Å². The summed E-state index contributed by atoms with van der Waals surface area (Å²) in [6.45, 7) is 2.83. The van der Waals surface area contributed by atoms with Crippen molar-refractivity contribution in [3.05, 3.63) is 41.7 Å². The van der Waals surface area contributed by atoms with Crippen LogP contribution < -0.4 is 0 Å². The second-order valence-electron chi connectivity index (χ2n) is 5.19. The fourth-order valence-corrected chi connectivity index (χ4v) is 2.56. The SMILES string of the molecule is Cc1ccc(C#N)c(-c2cnn(C3CCCCO3)c2)c1. The molecular formula is C16H17N3O. The summed E-state index contributed by atoms with van der Waals surface area (Å²) in [6, 6.07) is 8.09. The standard InChI is InChI=1S/C16H17N3O/c1-12-5-6-13(9-17)15(8-12)14-10-18-19(11-14)16-4-2-3-7-20-16/h5-6,8,10-11,16H,2-4,7H2,1H3. The molecule has 2 aromatic rings. The highest BCUT2D eigenvalue weighted by Crippen LogP contribution is 2.27. The van der Waals surface area contributed by atoms with Crippen LogP contribution in [-0.2, 0) is 4.74 Å². The summed E-state index contributed by atoms with van der Waals surface area (Å²) in [5, 5.41) is 13.6. The molecule has 1 aromatic carbocycles. The fourth-order valence-electron chi connectivity index (χ4n) is 2.56. The smallest absolute Gasteiger partial charge is 0.150 e. The number of nitrogens with zero attached hydrogens (tertiary/aromatic N) is 3. The maximum Gasteiger partial charge on any atom is 0.150 e. The van der Waals surface area contributed by atoms with E-state index in [1.165, 1.54) is 6.42 Å². The summed E-state index contributed by atoms with van der Waals surface area (Å²) >= 11 is 0. The van der Waals surface area contributed by atoms with Gasteiger partial charge in [-0.1, -0.05) is 11.6 Å². The van der Waals surface area contributed by atoms with Gasteiger partial charge in [0.2, 0.25) is 0 Å². The maximum absolute atomic E-state index is 9.22. The lowest BCUT2D eigenvalue weighted by Crippen LogP contribution is -2.18. The van der Waals surface area contributed by atoms with E-state index in [9.17, 15) is 5.26 Å². The van der Waals surface area contributed by atoms with Crippen molar-refractivity contribution in [2.24, 2.45) is 0 Å². The van der Waals surface area contributed by atoms with Gasteiger partial charge in [0.1, 0.15) is 6.23 Å². The Morgan fingerprint density at radius 2 is 2.30 bits per heavy atom. The van der Waals surface area contributed by atoms with Crippen molar-refractivity contribution in [1.29, 1.82) is 5.26 Å². The van der Waals surface area contributed by atoms with Crippen molar-refractivity contribution < 1.29 is 4.74 Å². The first-order chi connectivity index (χ1) is 9.78. The normalized spacial score (nSPS) is 18.7. The Morgan fingerprint density at radius 3 is 3.05 bits per heavy atom. The average molecular weight is 267 g/mol. The number of hydrogen-bond donors (Lipinski definition) is 0. The lowest BCUT2D eigenvalue weighted by atomic mass is 10.0. The van der Waals surface area contributed by atoms with Crippen LogP contribution in [0, 0.1) is 18.3 Å². The molecule has 2 heterocycles. The van der Waals surface area contributed by atoms with Crippen molar-refractivity contribution >= 4 is 0 Å². The Kier molecular flexibility index (Phi) is 3.53. The second-order valence-corrected chi connectivity index (χ2v) is 5.19. The summed E-state index contributed by atoms with van der Waals surface area (Å²) in [7, 11) is 0. The number of nitriles is 1. The van der Waals surface area contributed by atoms with E-state index >= 15 is 0 Å². The summed E-state index contributed by atoms with van der Waals surface area (Å²) in [4.78, 5) is 0. The molecule has 4 nitrogen and oxygen atoms in total. The third-order valence-corrected chi connectivity index (χ3v) is 3.66. The number of aryl methyl sites for hydroxylation is 1. The average Bonchev–Trinajstić information content (AvgIpc) is 2.98. The minimum Gasteiger partial charge on any atom is -0.357 e. The summed E-state index contributed by atoms with van der Waals surface area (Å²) < 4.78 is 7.60. The fraction of sp³-hybridized carbons (Fsp3) is 0.375. The molecule has 0 bridgehead atoms. The van der Waals surface area contributed by atoms with Crippen LogP contribution >= 0.6 is 0 Å². The van der Waals surface area contributed by atoms with Crippen LogP contribution in [0.25, 0.3) is 11.1 Å². The minimum atomic E-state index is 0.0350. The third kappa shape index (κ3) is 2.45. The molecule has 0 aliphatic carbocycles. The van der Waals surface area contributed by atoms with Crippen molar-refractivity contribution in [1.82, 2.24) is 9.78 Å². The Bertz CT molecular complexity index is 648. The topological polar surface area (TPSA) is 50.8 Å². The molecule has 4 heteroatoms. The molecular weight excluding hydrogens is 250 g/mol. The van der Waals surface area contributed by atoms with Gasteiger partial charge in [0.05, 0.1) is 17.8 Å². The highest BCUT2D eigenvalue weighted by molar-refractivity contribution is 5.70. The second kappa shape index (κ2) is 5.48. The number of ether oxygens (including phenoxy) is 1. The van der Waals surface area contributed by atoms with Crippen LogP contribution in [0.4, 0.5) is 0 Å². The molecule has 1 fully saturated rings. The van der Waals surface area contributed by atoms with Gasteiger partial charge in [0.15, 0.2) is 0 Å². The van der Waals surface area contributed by atoms with E-state index in [4.69, 9.17) is 4.74 Å². The van der Waals surface area contributed by atoms with Gasteiger partial charge >= 0.3 is 0 Å². The molecule has 3 rings (SSSR count). The zero-order valence-electron chi connectivity index (χ0n) is 11.5. The molecule has 1 saturated heterocycles. The molecule has 0 saturated carbocycles. The van der Waals surface area contributed by atoms with Crippen LogP contribution in [0.3, 0.4) is 0 Å². The van der Waals surface area contributed by atoms with Gasteiger partial charge in [0.25, 0.3) is 0 Å². The van der Waals surface area contributed by atoms with Gasteiger partial charge < -0.3 is 4.74 Å². The summed E-state index contributed by atoms with van der Waals surface area (Å²) in [6.07, 6.45) is 7.13. The molecule has 0 radical (unpaired) electrons. The van der Waals surface area contributed by atoms with Crippen molar-refractivity contribution in [3.8, 4) is 17.2 Å². The molecule has 0 amide bonds. The molecule has 102 valence electrons. The lowest BCUT2D eigenvalue weighted by molar-refractivity contribution is -0.0394. The Labute approximate surface area is 118 Å². The van der Waals surface area contributed by atoms with Crippen LogP contribution in [-0.4, -0.2) is 16.4 Å². The van der Waals surface area contributed by atoms with Crippen LogP contribution in [0.1, 0.15) is 36.6 Å². The molecule has 1 aliphatic heterocycles. The van der Waals surface area contributed by atoms with E-state index in [1.54, 1.807) is 0 Å². The van der Waals surface area contributed by atoms with E-state index in [1.807, 2.05) is 42.2 Å². The van der Waals surface area contributed by atoms with E-state index in [0.717, 1.165) is 36.1 Å². The first kappa shape index (κ1) is 12.9. The highest BCUT2D eigenvalue weighted by Gasteiger charge is 2.17. The largest absolute Gasteiger partial charge is 0.357 e.